The van der Waals surface area contributed by atoms with Crippen LogP contribution in [-0.2, 0) is 6.42 Å². The maximum absolute atomic E-state index is 4.48. The first-order valence-electron chi connectivity index (χ1n) is 6.76. The first-order valence-corrected chi connectivity index (χ1v) is 7.63. The van der Waals surface area contributed by atoms with Gasteiger partial charge < -0.3 is 10.2 Å². The average Bonchev–Trinajstić information content (AvgIpc) is 2.91. The van der Waals surface area contributed by atoms with Crippen LogP contribution in [0.4, 0.5) is 11.9 Å². The van der Waals surface area contributed by atoms with Crippen LogP contribution in [0.25, 0.3) is 0 Å². The van der Waals surface area contributed by atoms with Gasteiger partial charge in [0, 0.05) is 31.4 Å². The van der Waals surface area contributed by atoms with Crippen LogP contribution < -0.4 is 10.2 Å². The van der Waals surface area contributed by atoms with Gasteiger partial charge in [-0.1, -0.05) is 19.9 Å². The molecule has 20 heavy (non-hydrogen) atoms. The molecule has 0 fully saturated rings. The van der Waals surface area contributed by atoms with Crippen molar-refractivity contribution in [2.45, 2.75) is 26.2 Å². The lowest BCUT2D eigenvalue weighted by Gasteiger charge is -2.14. The first-order chi connectivity index (χ1) is 9.56. The van der Waals surface area contributed by atoms with Gasteiger partial charge >= 0.3 is 0 Å². The van der Waals surface area contributed by atoms with Gasteiger partial charge in [0.05, 0.1) is 0 Å². The van der Waals surface area contributed by atoms with Gasteiger partial charge in [-0.05, 0) is 17.9 Å². The Morgan fingerprint density at radius 2 is 2.05 bits per heavy atom. The van der Waals surface area contributed by atoms with Crippen molar-refractivity contribution in [2.24, 2.45) is 0 Å². The molecule has 0 amide bonds. The van der Waals surface area contributed by atoms with Gasteiger partial charge in [0.1, 0.15) is 5.82 Å². The minimum atomic E-state index is 0.287. The second kappa shape index (κ2) is 6.65. The van der Waals surface area contributed by atoms with Gasteiger partial charge in [-0.3, -0.25) is 0 Å². The van der Waals surface area contributed by atoms with Gasteiger partial charge in [0.15, 0.2) is 0 Å². The Bertz CT molecular complexity index is 510. The number of anilines is 2. The molecule has 2 rings (SSSR count). The number of nitrogens with zero attached hydrogens (tertiary/aromatic N) is 4. The van der Waals surface area contributed by atoms with Crippen molar-refractivity contribution in [3.63, 3.8) is 0 Å². The zero-order valence-electron chi connectivity index (χ0n) is 12.4. The average molecular weight is 291 g/mol. The molecule has 2 aromatic rings. The molecule has 0 atom stereocenters. The summed E-state index contributed by atoms with van der Waals surface area (Å²) in [5.41, 5.74) is 0. The van der Waals surface area contributed by atoms with Crippen LogP contribution in [0.2, 0.25) is 0 Å². The molecule has 0 aliphatic heterocycles. The molecule has 0 unspecified atom stereocenters. The monoisotopic (exact) mass is 291 g/mol. The molecule has 0 radical (unpaired) electrons. The zero-order chi connectivity index (χ0) is 14.5. The minimum absolute atomic E-state index is 0.287. The fourth-order valence-corrected chi connectivity index (χ4v) is 2.38. The van der Waals surface area contributed by atoms with Crippen LogP contribution in [0, 0.1) is 0 Å². The first kappa shape index (κ1) is 14.7. The lowest BCUT2D eigenvalue weighted by atomic mass is 10.2. The summed E-state index contributed by atoms with van der Waals surface area (Å²) < 4.78 is 0. The summed E-state index contributed by atoms with van der Waals surface area (Å²) in [5, 5.41) is 5.39. The molecule has 0 bridgehead atoms. The Balaban J connectivity index is 2.06. The van der Waals surface area contributed by atoms with Crippen LogP contribution in [0.1, 0.15) is 30.5 Å². The number of nitrogens with one attached hydrogen (secondary N) is 1. The van der Waals surface area contributed by atoms with Crippen molar-refractivity contribution in [1.29, 1.82) is 0 Å². The van der Waals surface area contributed by atoms with E-state index in [2.05, 4.69) is 51.6 Å². The Labute approximate surface area is 124 Å². The highest BCUT2D eigenvalue weighted by Gasteiger charge is 2.10. The van der Waals surface area contributed by atoms with Crippen LogP contribution in [0.15, 0.2) is 17.5 Å². The Kier molecular flexibility index (Phi) is 4.89. The van der Waals surface area contributed by atoms with Gasteiger partial charge in [0.25, 0.3) is 0 Å². The Morgan fingerprint density at radius 1 is 1.25 bits per heavy atom. The normalized spacial score (nSPS) is 10.8. The van der Waals surface area contributed by atoms with E-state index in [0.717, 1.165) is 18.8 Å². The Morgan fingerprint density at radius 3 is 2.65 bits per heavy atom. The smallest absolute Gasteiger partial charge is 0.229 e. The summed E-state index contributed by atoms with van der Waals surface area (Å²) >= 11 is 1.77. The molecule has 0 aliphatic rings. The Hall–Kier alpha value is -1.69. The van der Waals surface area contributed by atoms with Gasteiger partial charge in [-0.2, -0.15) is 15.0 Å². The molecule has 0 saturated carbocycles. The van der Waals surface area contributed by atoms with E-state index in [1.165, 1.54) is 4.88 Å². The standard InChI is InChI=1S/C14H21N5S/c1-10(2)12-16-13(18-14(17-12)19(3)4)15-8-7-11-6-5-9-20-11/h5-6,9-10H,7-8H2,1-4H3,(H,15,16,17,18). The van der Waals surface area contributed by atoms with Crippen LogP contribution >= 0.6 is 11.3 Å². The topological polar surface area (TPSA) is 53.9 Å². The van der Waals surface area contributed by atoms with Gasteiger partial charge in [-0.25, -0.2) is 0 Å². The SMILES string of the molecule is CC(C)c1nc(NCCc2cccs2)nc(N(C)C)n1. The molecule has 6 heteroatoms. The molecular formula is C14H21N5S. The number of hydrogen-bond acceptors (Lipinski definition) is 6. The lowest BCUT2D eigenvalue weighted by molar-refractivity contribution is 0.754. The second-order valence-electron chi connectivity index (χ2n) is 5.12. The number of rotatable bonds is 6. The highest BCUT2D eigenvalue weighted by molar-refractivity contribution is 7.09. The molecule has 0 saturated heterocycles. The summed E-state index contributed by atoms with van der Waals surface area (Å²) in [5.74, 6) is 2.46. The number of thiophene rings is 1. The van der Waals surface area contributed by atoms with E-state index in [1.807, 2.05) is 19.0 Å². The van der Waals surface area contributed by atoms with Crippen molar-refractivity contribution >= 4 is 23.2 Å². The van der Waals surface area contributed by atoms with E-state index in [-0.39, 0.29) is 5.92 Å². The maximum Gasteiger partial charge on any atom is 0.229 e. The third-order valence-corrected chi connectivity index (χ3v) is 3.73. The van der Waals surface area contributed by atoms with E-state index in [4.69, 9.17) is 0 Å². The molecule has 0 spiro atoms. The second-order valence-corrected chi connectivity index (χ2v) is 6.15. The fourth-order valence-electron chi connectivity index (χ4n) is 1.67. The predicted molar refractivity (Wildman–Crippen MR) is 84.8 cm³/mol. The molecule has 5 nitrogen and oxygen atoms in total. The number of aromatic nitrogens is 3. The number of hydrogen-bond donors (Lipinski definition) is 1. The van der Waals surface area contributed by atoms with E-state index in [9.17, 15) is 0 Å². The fraction of sp³-hybridized carbons (Fsp3) is 0.500. The van der Waals surface area contributed by atoms with Crippen molar-refractivity contribution in [3.05, 3.63) is 28.2 Å². The maximum atomic E-state index is 4.48. The summed E-state index contributed by atoms with van der Waals surface area (Å²) in [7, 11) is 3.88. The van der Waals surface area contributed by atoms with Crippen molar-refractivity contribution in [3.8, 4) is 0 Å². The third kappa shape index (κ3) is 3.90. The highest BCUT2D eigenvalue weighted by atomic mass is 32.1. The van der Waals surface area contributed by atoms with Crippen LogP contribution in [0.3, 0.4) is 0 Å². The molecule has 108 valence electrons. The molecule has 0 aliphatic carbocycles. The molecule has 2 aromatic heterocycles. The van der Waals surface area contributed by atoms with Crippen molar-refractivity contribution < 1.29 is 0 Å². The predicted octanol–water partition coefficient (Wildman–Crippen LogP) is 2.78. The van der Waals surface area contributed by atoms with Crippen LogP contribution in [0.5, 0.6) is 0 Å². The molecule has 2 heterocycles. The van der Waals surface area contributed by atoms with E-state index in [1.54, 1.807) is 11.3 Å². The van der Waals surface area contributed by atoms with E-state index >= 15 is 0 Å². The molecular weight excluding hydrogens is 270 g/mol. The van der Waals surface area contributed by atoms with Gasteiger partial charge in [0.2, 0.25) is 11.9 Å². The quantitative estimate of drug-likeness (QED) is 0.887. The highest BCUT2D eigenvalue weighted by Crippen LogP contribution is 2.15. The lowest BCUT2D eigenvalue weighted by Crippen LogP contribution is -2.18. The summed E-state index contributed by atoms with van der Waals surface area (Å²) in [4.78, 5) is 16.6. The summed E-state index contributed by atoms with van der Waals surface area (Å²) in [6.07, 6.45) is 0.984. The molecule has 1 N–H and O–H groups in total. The van der Waals surface area contributed by atoms with Crippen LogP contribution in [-0.4, -0.2) is 35.6 Å². The van der Waals surface area contributed by atoms with E-state index in [0.29, 0.717) is 11.9 Å². The summed E-state index contributed by atoms with van der Waals surface area (Å²) in [6, 6.07) is 4.22. The van der Waals surface area contributed by atoms with Crippen molar-refractivity contribution in [1.82, 2.24) is 15.0 Å². The molecule has 0 aromatic carbocycles. The summed E-state index contributed by atoms with van der Waals surface area (Å²) in [6.45, 7) is 5.00. The van der Waals surface area contributed by atoms with Crippen molar-refractivity contribution in [2.75, 3.05) is 30.9 Å². The van der Waals surface area contributed by atoms with Gasteiger partial charge in [-0.15, -0.1) is 11.3 Å². The van der Waals surface area contributed by atoms with E-state index < -0.39 is 0 Å². The minimum Gasteiger partial charge on any atom is -0.354 e. The zero-order valence-corrected chi connectivity index (χ0v) is 13.2. The third-order valence-electron chi connectivity index (χ3n) is 2.79. The largest absolute Gasteiger partial charge is 0.354 e.